The number of likely N-dealkylation sites (tertiary alicyclic amines) is 1. The molecule has 1 aliphatic carbocycles. The van der Waals surface area contributed by atoms with Crippen LogP contribution < -0.4 is 10.6 Å². The molecule has 2 bridgehead atoms. The molecule has 0 unspecified atom stereocenters. The molecule has 3 fully saturated rings. The third-order valence-corrected chi connectivity index (χ3v) is 10.8. The van der Waals surface area contributed by atoms with Crippen LogP contribution in [0.2, 0.25) is 5.02 Å². The summed E-state index contributed by atoms with van der Waals surface area (Å²) in [5, 5.41) is 6.98. The number of benzene rings is 2. The molecule has 2 aromatic carbocycles. The van der Waals surface area contributed by atoms with Crippen molar-refractivity contribution in [3.8, 4) is 0 Å². The molecule has 0 aromatic heterocycles. The SMILES string of the molecule is CSc1cccc(NC(=O)[C@@H]2[C@@H]3C=C[C@]4(O3)[C@@H]2C(=O)N(CCc2ccc(Cl)cc2)[C@H]4C(=O)N[C@@H]2CCC[C@@H](C)[C@H]2C)c1. The molecule has 2 N–H and O–H groups in total. The van der Waals surface area contributed by atoms with Gasteiger partial charge in [-0.2, -0.15) is 0 Å². The molecule has 8 atom stereocenters. The summed E-state index contributed by atoms with van der Waals surface area (Å²) in [6.45, 7) is 4.76. The number of halogens is 1. The van der Waals surface area contributed by atoms with Crippen LogP contribution in [0.4, 0.5) is 5.69 Å². The molecule has 42 heavy (non-hydrogen) atoms. The predicted octanol–water partition coefficient (Wildman–Crippen LogP) is 5.33. The van der Waals surface area contributed by atoms with Crippen LogP contribution in [0.25, 0.3) is 0 Å². The van der Waals surface area contributed by atoms with Gasteiger partial charge in [0, 0.05) is 28.2 Å². The average molecular weight is 608 g/mol. The van der Waals surface area contributed by atoms with E-state index in [2.05, 4.69) is 24.5 Å². The molecule has 3 heterocycles. The molecule has 1 saturated carbocycles. The minimum Gasteiger partial charge on any atom is -0.359 e. The van der Waals surface area contributed by atoms with Gasteiger partial charge < -0.3 is 20.3 Å². The van der Waals surface area contributed by atoms with Crippen LogP contribution in [0.3, 0.4) is 0 Å². The van der Waals surface area contributed by atoms with Crippen molar-refractivity contribution < 1.29 is 19.1 Å². The topological polar surface area (TPSA) is 87.7 Å². The van der Waals surface area contributed by atoms with Crippen molar-refractivity contribution in [2.45, 2.75) is 68.2 Å². The molecule has 3 aliphatic heterocycles. The Kier molecular flexibility index (Phi) is 8.15. The molecule has 9 heteroatoms. The highest BCUT2D eigenvalue weighted by atomic mass is 35.5. The number of amides is 3. The van der Waals surface area contributed by atoms with E-state index in [1.165, 1.54) is 0 Å². The summed E-state index contributed by atoms with van der Waals surface area (Å²) in [6.07, 6.45) is 8.83. The lowest BCUT2D eigenvalue weighted by Gasteiger charge is -2.38. The first-order valence-corrected chi connectivity index (χ1v) is 16.5. The number of hydrogen-bond acceptors (Lipinski definition) is 5. The van der Waals surface area contributed by atoms with Crippen LogP contribution in [0, 0.1) is 23.7 Å². The number of fused-ring (bicyclic) bond motifs is 1. The van der Waals surface area contributed by atoms with Crippen molar-refractivity contribution in [2.24, 2.45) is 23.7 Å². The average Bonchev–Trinajstić information content (AvgIpc) is 3.62. The maximum absolute atomic E-state index is 14.3. The number of rotatable bonds is 8. The zero-order valence-corrected chi connectivity index (χ0v) is 25.8. The van der Waals surface area contributed by atoms with Gasteiger partial charge in [0.25, 0.3) is 0 Å². The number of carbonyl (C=O) groups is 3. The van der Waals surface area contributed by atoms with Gasteiger partial charge in [-0.05, 0) is 66.8 Å². The predicted molar refractivity (Wildman–Crippen MR) is 165 cm³/mol. The zero-order chi connectivity index (χ0) is 29.6. The van der Waals surface area contributed by atoms with E-state index in [1.54, 1.807) is 16.7 Å². The first-order valence-electron chi connectivity index (χ1n) is 14.9. The lowest BCUT2D eigenvalue weighted by Crippen LogP contribution is -2.58. The highest BCUT2D eigenvalue weighted by Crippen LogP contribution is 2.55. The van der Waals surface area contributed by atoms with Crippen LogP contribution in [-0.2, 0) is 25.5 Å². The largest absolute Gasteiger partial charge is 0.359 e. The molecule has 6 rings (SSSR count). The summed E-state index contributed by atoms with van der Waals surface area (Å²) in [4.78, 5) is 44.9. The van der Waals surface area contributed by atoms with Crippen molar-refractivity contribution in [3.63, 3.8) is 0 Å². The van der Waals surface area contributed by atoms with Gasteiger partial charge in [0.05, 0.1) is 17.9 Å². The van der Waals surface area contributed by atoms with E-state index in [0.29, 0.717) is 35.5 Å². The number of nitrogens with one attached hydrogen (secondary N) is 2. The Morgan fingerprint density at radius 2 is 1.90 bits per heavy atom. The van der Waals surface area contributed by atoms with Gasteiger partial charge in [-0.1, -0.05) is 68.6 Å². The van der Waals surface area contributed by atoms with E-state index in [1.807, 2.05) is 66.9 Å². The Balaban J connectivity index is 1.29. The minimum absolute atomic E-state index is 0.0373. The highest BCUT2D eigenvalue weighted by Gasteiger charge is 2.72. The van der Waals surface area contributed by atoms with Crippen LogP contribution in [0.15, 0.2) is 65.6 Å². The summed E-state index contributed by atoms with van der Waals surface area (Å²) in [5.41, 5.74) is 0.505. The lowest BCUT2D eigenvalue weighted by atomic mass is 9.73. The molecule has 2 aromatic rings. The lowest BCUT2D eigenvalue weighted by molar-refractivity contribution is -0.141. The zero-order valence-electron chi connectivity index (χ0n) is 24.2. The quantitative estimate of drug-likeness (QED) is 0.313. The highest BCUT2D eigenvalue weighted by molar-refractivity contribution is 7.98. The molecule has 4 aliphatic rings. The van der Waals surface area contributed by atoms with Gasteiger partial charge in [-0.25, -0.2) is 0 Å². The van der Waals surface area contributed by atoms with Gasteiger partial charge >= 0.3 is 0 Å². The second-order valence-corrected chi connectivity index (χ2v) is 13.5. The van der Waals surface area contributed by atoms with Crippen LogP contribution in [-0.4, -0.2) is 59.2 Å². The van der Waals surface area contributed by atoms with Crippen LogP contribution in [0.1, 0.15) is 38.7 Å². The number of nitrogens with zero attached hydrogens (tertiary/aromatic N) is 1. The molecule has 7 nitrogen and oxygen atoms in total. The Morgan fingerprint density at radius 1 is 1.12 bits per heavy atom. The maximum Gasteiger partial charge on any atom is 0.246 e. The molecule has 1 spiro atoms. The Labute approximate surface area is 256 Å². The number of hydrogen-bond donors (Lipinski definition) is 2. The fraction of sp³-hybridized carbons (Fsp3) is 0.485. The third-order valence-electron chi connectivity index (χ3n) is 9.85. The Hall–Kier alpha value is -2.81. The van der Waals surface area contributed by atoms with Gasteiger partial charge in [0.1, 0.15) is 11.6 Å². The summed E-state index contributed by atoms with van der Waals surface area (Å²) in [5.74, 6) is -1.34. The number of anilines is 1. The third kappa shape index (κ3) is 5.16. The van der Waals surface area contributed by atoms with Gasteiger partial charge in [-0.15, -0.1) is 11.8 Å². The van der Waals surface area contributed by atoms with E-state index in [9.17, 15) is 14.4 Å². The second kappa shape index (κ2) is 11.7. The van der Waals surface area contributed by atoms with Gasteiger partial charge in [0.15, 0.2) is 0 Å². The fourth-order valence-corrected chi connectivity index (χ4v) is 7.97. The second-order valence-electron chi connectivity index (χ2n) is 12.2. The van der Waals surface area contributed by atoms with E-state index in [0.717, 1.165) is 29.7 Å². The van der Waals surface area contributed by atoms with Crippen LogP contribution >= 0.6 is 23.4 Å². The van der Waals surface area contributed by atoms with E-state index >= 15 is 0 Å². The van der Waals surface area contributed by atoms with Crippen molar-refractivity contribution in [2.75, 3.05) is 18.1 Å². The number of thioether (sulfide) groups is 1. The molecule has 222 valence electrons. The van der Waals surface area contributed by atoms with Gasteiger partial charge in [0.2, 0.25) is 17.7 Å². The van der Waals surface area contributed by atoms with Gasteiger partial charge in [-0.3, -0.25) is 14.4 Å². The van der Waals surface area contributed by atoms with Crippen molar-refractivity contribution in [1.29, 1.82) is 0 Å². The summed E-state index contributed by atoms with van der Waals surface area (Å²) >= 11 is 7.68. The number of ether oxygens (including phenoxy) is 1. The number of carbonyl (C=O) groups excluding carboxylic acids is 3. The van der Waals surface area contributed by atoms with Crippen molar-refractivity contribution in [1.82, 2.24) is 10.2 Å². The molecule has 2 saturated heterocycles. The van der Waals surface area contributed by atoms with Crippen LogP contribution in [0.5, 0.6) is 0 Å². The molecular weight excluding hydrogens is 570 g/mol. The molecular formula is C33H38ClN3O4S. The Bertz CT molecular complexity index is 1400. The minimum atomic E-state index is -1.18. The summed E-state index contributed by atoms with van der Waals surface area (Å²) in [7, 11) is 0. The first kappa shape index (κ1) is 29.3. The monoisotopic (exact) mass is 607 g/mol. The Morgan fingerprint density at radius 3 is 2.67 bits per heavy atom. The summed E-state index contributed by atoms with van der Waals surface area (Å²) < 4.78 is 6.52. The van der Waals surface area contributed by atoms with Crippen molar-refractivity contribution in [3.05, 3.63) is 71.3 Å². The molecule has 0 radical (unpaired) electrons. The fourth-order valence-electron chi connectivity index (χ4n) is 7.38. The van der Waals surface area contributed by atoms with E-state index in [4.69, 9.17) is 16.3 Å². The normalized spacial score (nSPS) is 33.1. The van der Waals surface area contributed by atoms with E-state index in [-0.39, 0.29) is 23.8 Å². The smallest absolute Gasteiger partial charge is 0.246 e. The standard InChI is InChI=1S/C33H38ClN3O4S/c1-19-6-4-9-25(20(19)2)36-31(39)29-33-16-14-26(41-33)27(30(38)35-23-7-5-8-24(18-23)42-3)28(33)32(40)37(29)17-15-21-10-12-22(34)13-11-21/h5,7-8,10-14,16,18-20,25-29H,4,6,9,15,17H2,1-3H3,(H,35,38)(H,36,39)/t19-,20-,25-,26+,27-,28+,29+,33+/m1/s1. The first-order chi connectivity index (χ1) is 20.2. The van der Waals surface area contributed by atoms with Crippen molar-refractivity contribution >= 4 is 46.8 Å². The molecule has 3 amide bonds. The van der Waals surface area contributed by atoms with E-state index < -0.39 is 29.6 Å². The maximum atomic E-state index is 14.3. The summed E-state index contributed by atoms with van der Waals surface area (Å²) in [6, 6.07) is 14.3.